The second kappa shape index (κ2) is 4.80. The Morgan fingerprint density at radius 1 is 1.47 bits per heavy atom. The number of hydrogen-bond acceptors (Lipinski definition) is 4. The van der Waals surface area contributed by atoms with Crippen LogP contribution in [0.2, 0.25) is 0 Å². The molecule has 0 atom stereocenters. The molecule has 2 rings (SSSR count). The van der Waals surface area contributed by atoms with Crippen LogP contribution in [-0.4, -0.2) is 11.1 Å². The molecule has 0 saturated heterocycles. The molecular formula is C11H6BrN3O2. The number of halogens is 1. The van der Waals surface area contributed by atoms with Crippen molar-refractivity contribution in [2.24, 2.45) is 0 Å². The molecule has 0 radical (unpaired) electrons. The zero-order valence-corrected chi connectivity index (χ0v) is 10.1. The Kier molecular flexibility index (Phi) is 3.21. The van der Waals surface area contributed by atoms with Gasteiger partial charge in [-0.15, -0.1) is 0 Å². The lowest BCUT2D eigenvalue weighted by Gasteiger charge is -2.03. The normalized spacial score (nSPS) is 9.65. The molecule has 0 aliphatic carbocycles. The molecule has 0 fully saturated rings. The van der Waals surface area contributed by atoms with Crippen LogP contribution in [0.25, 0.3) is 0 Å². The van der Waals surface area contributed by atoms with E-state index in [1.807, 2.05) is 6.07 Å². The summed E-state index contributed by atoms with van der Waals surface area (Å²) in [6.45, 7) is 0. The standard InChI is InChI=1S/C11H6BrN3O2/c12-10-5-9(17-15-10)11(16)14-8-4-2-1-3-7(8)6-13/h1-5H,(H,14,16). The maximum atomic E-state index is 11.7. The zero-order valence-electron chi connectivity index (χ0n) is 8.48. The van der Waals surface area contributed by atoms with E-state index in [9.17, 15) is 4.79 Å². The quantitative estimate of drug-likeness (QED) is 0.922. The fraction of sp³-hybridized carbons (Fsp3) is 0. The lowest BCUT2D eigenvalue weighted by molar-refractivity contribution is 0.0988. The summed E-state index contributed by atoms with van der Waals surface area (Å²) in [6.07, 6.45) is 0. The SMILES string of the molecule is N#Cc1ccccc1NC(=O)c1cc(Br)no1. The monoisotopic (exact) mass is 291 g/mol. The highest BCUT2D eigenvalue weighted by Gasteiger charge is 2.13. The van der Waals surface area contributed by atoms with Crippen molar-refractivity contribution in [2.75, 3.05) is 5.32 Å². The van der Waals surface area contributed by atoms with E-state index in [-0.39, 0.29) is 5.76 Å². The molecule has 5 nitrogen and oxygen atoms in total. The summed E-state index contributed by atoms with van der Waals surface area (Å²) in [5.41, 5.74) is 0.826. The highest BCUT2D eigenvalue weighted by atomic mass is 79.9. The van der Waals surface area contributed by atoms with Crippen LogP contribution in [0.5, 0.6) is 0 Å². The topological polar surface area (TPSA) is 78.9 Å². The third kappa shape index (κ3) is 2.52. The maximum Gasteiger partial charge on any atom is 0.294 e. The highest BCUT2D eigenvalue weighted by Crippen LogP contribution is 2.16. The first-order chi connectivity index (χ1) is 8.20. The van der Waals surface area contributed by atoms with Gasteiger partial charge in [0.15, 0.2) is 0 Å². The number of benzene rings is 1. The van der Waals surface area contributed by atoms with Gasteiger partial charge in [0.05, 0.1) is 11.3 Å². The van der Waals surface area contributed by atoms with E-state index in [2.05, 4.69) is 26.4 Å². The molecule has 6 heteroatoms. The molecule has 0 aliphatic heterocycles. The van der Waals surface area contributed by atoms with Crippen molar-refractivity contribution in [3.8, 4) is 6.07 Å². The molecule has 1 amide bonds. The molecular weight excluding hydrogens is 286 g/mol. The number of para-hydroxylation sites is 1. The van der Waals surface area contributed by atoms with Crippen molar-refractivity contribution in [1.29, 1.82) is 5.26 Å². The second-order valence-electron chi connectivity index (χ2n) is 3.13. The Hall–Kier alpha value is -2.13. The van der Waals surface area contributed by atoms with Crippen LogP contribution < -0.4 is 5.32 Å². The molecule has 1 heterocycles. The minimum Gasteiger partial charge on any atom is -0.350 e. The number of amides is 1. The van der Waals surface area contributed by atoms with Gasteiger partial charge in [0.2, 0.25) is 5.76 Å². The first-order valence-corrected chi connectivity index (χ1v) is 5.42. The fourth-order valence-corrected chi connectivity index (χ4v) is 1.51. The van der Waals surface area contributed by atoms with Crippen molar-refractivity contribution < 1.29 is 9.32 Å². The number of nitrogens with one attached hydrogen (secondary N) is 1. The van der Waals surface area contributed by atoms with E-state index in [0.717, 1.165) is 0 Å². The number of rotatable bonds is 2. The molecule has 1 N–H and O–H groups in total. The highest BCUT2D eigenvalue weighted by molar-refractivity contribution is 9.10. The van der Waals surface area contributed by atoms with Crippen molar-refractivity contribution in [1.82, 2.24) is 5.16 Å². The van der Waals surface area contributed by atoms with Crippen LogP contribution in [0.1, 0.15) is 16.1 Å². The first-order valence-electron chi connectivity index (χ1n) is 4.63. The summed E-state index contributed by atoms with van der Waals surface area (Å²) in [7, 11) is 0. The minimum absolute atomic E-state index is 0.0737. The van der Waals surface area contributed by atoms with Gasteiger partial charge >= 0.3 is 0 Å². The average Bonchev–Trinajstić information content (AvgIpc) is 2.77. The predicted molar refractivity (Wildman–Crippen MR) is 63.3 cm³/mol. The molecule has 0 spiro atoms. The molecule has 1 aromatic carbocycles. The van der Waals surface area contributed by atoms with Gasteiger partial charge in [-0.05, 0) is 28.1 Å². The van der Waals surface area contributed by atoms with Crippen molar-refractivity contribution in [3.05, 3.63) is 46.3 Å². The minimum atomic E-state index is -0.453. The molecule has 0 unspecified atom stereocenters. The van der Waals surface area contributed by atoms with Gasteiger partial charge in [-0.1, -0.05) is 17.3 Å². The average molecular weight is 292 g/mol. The summed E-state index contributed by atoms with van der Waals surface area (Å²) in [4.78, 5) is 11.7. The van der Waals surface area contributed by atoms with E-state index in [4.69, 9.17) is 9.78 Å². The molecule has 1 aromatic heterocycles. The van der Waals surface area contributed by atoms with E-state index in [0.29, 0.717) is 15.9 Å². The number of nitrogens with zero attached hydrogens (tertiary/aromatic N) is 2. The smallest absolute Gasteiger partial charge is 0.294 e. The number of aromatic nitrogens is 1. The molecule has 0 saturated carbocycles. The Morgan fingerprint density at radius 3 is 2.88 bits per heavy atom. The van der Waals surface area contributed by atoms with Crippen LogP contribution >= 0.6 is 15.9 Å². The van der Waals surface area contributed by atoms with E-state index in [1.165, 1.54) is 6.07 Å². The van der Waals surface area contributed by atoms with Gasteiger partial charge in [0.25, 0.3) is 5.91 Å². The summed E-state index contributed by atoms with van der Waals surface area (Å²) >= 11 is 3.08. The Morgan fingerprint density at radius 2 is 2.24 bits per heavy atom. The van der Waals surface area contributed by atoms with Crippen LogP contribution in [0.3, 0.4) is 0 Å². The third-order valence-electron chi connectivity index (χ3n) is 2.00. The van der Waals surface area contributed by atoms with Crippen LogP contribution in [0.4, 0.5) is 5.69 Å². The van der Waals surface area contributed by atoms with E-state index < -0.39 is 5.91 Å². The van der Waals surface area contributed by atoms with Gasteiger partial charge in [-0.3, -0.25) is 4.79 Å². The van der Waals surface area contributed by atoms with Gasteiger partial charge in [-0.2, -0.15) is 5.26 Å². The van der Waals surface area contributed by atoms with Crippen LogP contribution in [0.15, 0.2) is 39.5 Å². The lowest BCUT2D eigenvalue weighted by Crippen LogP contribution is -2.11. The van der Waals surface area contributed by atoms with Crippen molar-refractivity contribution in [3.63, 3.8) is 0 Å². The van der Waals surface area contributed by atoms with Gasteiger partial charge < -0.3 is 9.84 Å². The lowest BCUT2D eigenvalue weighted by atomic mass is 10.2. The molecule has 0 bridgehead atoms. The van der Waals surface area contributed by atoms with E-state index in [1.54, 1.807) is 24.3 Å². The number of hydrogen-bond donors (Lipinski definition) is 1. The Labute approximate surface area is 105 Å². The fourth-order valence-electron chi connectivity index (χ4n) is 1.23. The van der Waals surface area contributed by atoms with Crippen molar-refractivity contribution in [2.45, 2.75) is 0 Å². The Balaban J connectivity index is 2.22. The number of carbonyl (C=O) groups is 1. The molecule has 17 heavy (non-hydrogen) atoms. The predicted octanol–water partition coefficient (Wildman–Crippen LogP) is 2.56. The number of carbonyl (C=O) groups excluding carboxylic acids is 1. The zero-order chi connectivity index (χ0) is 12.3. The largest absolute Gasteiger partial charge is 0.350 e. The maximum absolute atomic E-state index is 11.7. The van der Waals surface area contributed by atoms with Gasteiger partial charge in [0, 0.05) is 6.07 Å². The summed E-state index contributed by atoms with van der Waals surface area (Å²) < 4.78 is 5.22. The molecule has 0 aliphatic rings. The van der Waals surface area contributed by atoms with Crippen LogP contribution in [-0.2, 0) is 0 Å². The molecule has 2 aromatic rings. The van der Waals surface area contributed by atoms with Gasteiger partial charge in [-0.25, -0.2) is 0 Å². The van der Waals surface area contributed by atoms with Crippen molar-refractivity contribution >= 4 is 27.5 Å². The molecule has 84 valence electrons. The van der Waals surface area contributed by atoms with Crippen LogP contribution in [0, 0.1) is 11.3 Å². The summed E-state index contributed by atoms with van der Waals surface area (Å²) in [5, 5.41) is 15.0. The third-order valence-corrected chi connectivity index (χ3v) is 2.37. The Bertz CT molecular complexity index is 601. The summed E-state index contributed by atoms with van der Waals surface area (Å²) in [5.74, 6) is -0.379. The number of anilines is 1. The van der Waals surface area contributed by atoms with E-state index >= 15 is 0 Å². The summed E-state index contributed by atoms with van der Waals surface area (Å²) in [6, 6.07) is 10.1. The first kappa shape index (κ1) is 11.4. The number of nitriles is 1. The van der Waals surface area contributed by atoms with Gasteiger partial charge in [0.1, 0.15) is 10.7 Å². The second-order valence-corrected chi connectivity index (χ2v) is 3.94.